The van der Waals surface area contributed by atoms with Crippen LogP contribution >= 0.6 is 46.4 Å². The van der Waals surface area contributed by atoms with E-state index in [2.05, 4.69) is 25.9 Å². The highest BCUT2D eigenvalue weighted by atomic mass is 35.5. The van der Waals surface area contributed by atoms with Crippen molar-refractivity contribution in [3.8, 4) is 0 Å². The number of anilines is 4. The van der Waals surface area contributed by atoms with Gasteiger partial charge in [-0.3, -0.25) is 14.4 Å². The van der Waals surface area contributed by atoms with Gasteiger partial charge < -0.3 is 21.7 Å². The van der Waals surface area contributed by atoms with Crippen molar-refractivity contribution >= 4 is 86.9 Å². The number of nitrogen functional groups attached to an aromatic ring is 1. The molecule has 2 heterocycles. The molecule has 0 aliphatic heterocycles. The first kappa shape index (κ1) is 33.2. The van der Waals surface area contributed by atoms with Crippen LogP contribution in [0.25, 0.3) is 0 Å². The number of halogens is 5. The molecule has 14 heteroatoms. The molecule has 0 bridgehead atoms. The second kappa shape index (κ2) is 15.3. The van der Waals surface area contributed by atoms with Gasteiger partial charge in [0.1, 0.15) is 16.1 Å². The van der Waals surface area contributed by atoms with Crippen molar-refractivity contribution in [2.75, 3.05) is 21.7 Å². The molecule has 45 heavy (non-hydrogen) atoms. The molecular formula is C31H21Cl4FN6O3. The van der Waals surface area contributed by atoms with E-state index in [-0.39, 0.29) is 27.3 Å². The first-order valence-corrected chi connectivity index (χ1v) is 14.3. The smallest absolute Gasteiger partial charge is 0.257 e. The molecule has 3 amide bonds. The normalized spacial score (nSPS) is 10.2. The third-order valence-corrected chi connectivity index (χ3v) is 6.91. The first-order chi connectivity index (χ1) is 21.5. The van der Waals surface area contributed by atoms with Crippen LogP contribution in [0.5, 0.6) is 0 Å². The van der Waals surface area contributed by atoms with Crippen LogP contribution in [0.1, 0.15) is 31.1 Å². The Bertz CT molecular complexity index is 1860. The van der Waals surface area contributed by atoms with Crippen molar-refractivity contribution in [3.63, 3.8) is 0 Å². The number of amides is 3. The highest BCUT2D eigenvalue weighted by Gasteiger charge is 2.12. The monoisotopic (exact) mass is 684 g/mol. The number of benzene rings is 3. The lowest BCUT2D eigenvalue weighted by Gasteiger charge is -2.11. The molecule has 0 saturated carbocycles. The van der Waals surface area contributed by atoms with Crippen molar-refractivity contribution < 1.29 is 18.8 Å². The lowest BCUT2D eigenvalue weighted by atomic mass is 10.2. The number of carbonyl (C=O) groups excluding carboxylic acids is 3. The van der Waals surface area contributed by atoms with Gasteiger partial charge in [0.25, 0.3) is 17.7 Å². The number of nitrogens with zero attached hydrogens (tertiary/aromatic N) is 2. The van der Waals surface area contributed by atoms with E-state index in [0.29, 0.717) is 38.4 Å². The van der Waals surface area contributed by atoms with E-state index in [1.54, 1.807) is 36.4 Å². The van der Waals surface area contributed by atoms with Gasteiger partial charge >= 0.3 is 0 Å². The predicted octanol–water partition coefficient (Wildman–Crippen LogP) is 8.26. The minimum Gasteiger partial charge on any atom is -0.397 e. The average molecular weight is 686 g/mol. The highest BCUT2D eigenvalue weighted by Crippen LogP contribution is 2.27. The topological polar surface area (TPSA) is 139 Å². The number of nitrogens with two attached hydrogens (primary N) is 1. The maximum Gasteiger partial charge on any atom is 0.257 e. The van der Waals surface area contributed by atoms with Crippen molar-refractivity contribution in [2.45, 2.75) is 0 Å². The quantitative estimate of drug-likeness (QED) is 0.105. The Morgan fingerprint density at radius 2 is 1.13 bits per heavy atom. The summed E-state index contributed by atoms with van der Waals surface area (Å²) in [6, 6.07) is 20.9. The Labute approximate surface area is 276 Å². The Morgan fingerprint density at radius 3 is 1.64 bits per heavy atom. The van der Waals surface area contributed by atoms with Crippen LogP contribution < -0.4 is 21.7 Å². The highest BCUT2D eigenvalue weighted by molar-refractivity contribution is 6.34. The van der Waals surface area contributed by atoms with Crippen LogP contribution in [-0.4, -0.2) is 27.7 Å². The van der Waals surface area contributed by atoms with Gasteiger partial charge in [-0.15, -0.1) is 0 Å². The summed E-state index contributed by atoms with van der Waals surface area (Å²) in [5, 5.41) is 9.28. The average Bonchev–Trinajstić information content (AvgIpc) is 3.01. The van der Waals surface area contributed by atoms with E-state index < -0.39 is 17.6 Å². The third-order valence-electron chi connectivity index (χ3n) is 5.79. The molecule has 9 nitrogen and oxygen atoms in total. The number of nitrogens with one attached hydrogen (secondary N) is 3. The number of rotatable bonds is 6. The lowest BCUT2D eigenvalue weighted by molar-refractivity contribution is 0.101. The molecule has 5 aromatic rings. The largest absolute Gasteiger partial charge is 0.397 e. The van der Waals surface area contributed by atoms with Gasteiger partial charge in [-0.2, -0.15) is 0 Å². The van der Waals surface area contributed by atoms with Gasteiger partial charge in [0, 0.05) is 29.3 Å². The summed E-state index contributed by atoms with van der Waals surface area (Å²) in [6.07, 6.45) is 2.75. The summed E-state index contributed by atoms with van der Waals surface area (Å²) in [5.74, 6) is -1.74. The van der Waals surface area contributed by atoms with Crippen molar-refractivity contribution in [3.05, 3.63) is 140 Å². The standard InChI is InChI=1S/C19H12Cl2FN3O2.C12H9Cl2N3O/c20-15-6-5-14(24-19(27)12-4-7-17(21)23-10-12)9-16(15)25-18(26)11-2-1-3-13(22)8-11;13-9-3-2-8(5-10(9)15)17-12(18)7-1-4-11(14)16-6-7/h1-10H,(H,24,27)(H,25,26);1-6H,15H2,(H,17,18). The Kier molecular flexibility index (Phi) is 11.3. The SMILES string of the molecule is Nc1cc(NC(=O)c2ccc(Cl)nc2)ccc1Cl.O=C(Nc1ccc(Cl)c(NC(=O)c2cccc(F)c2)c1)c1ccc(Cl)nc1. The summed E-state index contributed by atoms with van der Waals surface area (Å²) in [7, 11) is 0. The van der Waals surface area contributed by atoms with Gasteiger partial charge in [0.05, 0.1) is 32.5 Å². The first-order valence-electron chi connectivity index (χ1n) is 12.8. The second-order valence-corrected chi connectivity index (χ2v) is 10.6. The van der Waals surface area contributed by atoms with E-state index in [1.165, 1.54) is 54.9 Å². The van der Waals surface area contributed by atoms with Gasteiger partial charge in [0.15, 0.2) is 0 Å². The molecular weight excluding hydrogens is 665 g/mol. The maximum absolute atomic E-state index is 13.3. The molecule has 228 valence electrons. The molecule has 3 aromatic carbocycles. The van der Waals surface area contributed by atoms with E-state index >= 15 is 0 Å². The summed E-state index contributed by atoms with van der Waals surface area (Å²) >= 11 is 23.2. The van der Waals surface area contributed by atoms with Crippen LogP contribution in [0.4, 0.5) is 27.1 Å². The van der Waals surface area contributed by atoms with Crippen LogP contribution in [-0.2, 0) is 0 Å². The molecule has 0 aliphatic rings. The number of aromatic nitrogens is 2. The number of pyridine rings is 2. The molecule has 5 rings (SSSR count). The third kappa shape index (κ3) is 9.62. The van der Waals surface area contributed by atoms with Gasteiger partial charge in [-0.25, -0.2) is 14.4 Å². The molecule has 0 fully saturated rings. The van der Waals surface area contributed by atoms with E-state index in [1.807, 2.05) is 0 Å². The number of carbonyl (C=O) groups is 3. The van der Waals surface area contributed by atoms with Gasteiger partial charge in [-0.1, -0.05) is 52.5 Å². The zero-order valence-corrected chi connectivity index (χ0v) is 25.8. The molecule has 5 N–H and O–H groups in total. The van der Waals surface area contributed by atoms with Crippen LogP contribution in [0.15, 0.2) is 97.3 Å². The number of hydrogen-bond acceptors (Lipinski definition) is 6. The minimum absolute atomic E-state index is 0.146. The molecule has 0 aliphatic carbocycles. The fourth-order valence-corrected chi connectivity index (χ4v) is 4.08. The van der Waals surface area contributed by atoms with Gasteiger partial charge in [0.2, 0.25) is 0 Å². The molecule has 0 radical (unpaired) electrons. The van der Waals surface area contributed by atoms with E-state index in [4.69, 9.17) is 52.1 Å². The number of hydrogen-bond donors (Lipinski definition) is 4. The van der Waals surface area contributed by atoms with Crippen molar-refractivity contribution in [1.29, 1.82) is 0 Å². The maximum atomic E-state index is 13.3. The van der Waals surface area contributed by atoms with Crippen molar-refractivity contribution in [1.82, 2.24) is 9.97 Å². The summed E-state index contributed by atoms with van der Waals surface area (Å²) in [4.78, 5) is 44.0. The molecule has 2 aromatic heterocycles. The lowest BCUT2D eigenvalue weighted by Crippen LogP contribution is -2.14. The van der Waals surface area contributed by atoms with Gasteiger partial charge in [-0.05, 0) is 78.9 Å². The van der Waals surface area contributed by atoms with E-state index in [0.717, 1.165) is 6.07 Å². The molecule has 0 atom stereocenters. The zero-order chi connectivity index (χ0) is 32.5. The zero-order valence-electron chi connectivity index (χ0n) is 22.8. The Morgan fingerprint density at radius 1 is 0.600 bits per heavy atom. The summed E-state index contributed by atoms with van der Waals surface area (Å²) in [5.41, 5.74) is 8.18. The minimum atomic E-state index is -0.526. The van der Waals surface area contributed by atoms with E-state index in [9.17, 15) is 18.8 Å². The fourth-order valence-electron chi connectivity index (χ4n) is 3.57. The Hall–Kier alpha value is -4.74. The second-order valence-electron chi connectivity index (χ2n) is 9.04. The van der Waals surface area contributed by atoms with Crippen LogP contribution in [0.3, 0.4) is 0 Å². The summed E-state index contributed by atoms with van der Waals surface area (Å²) < 4.78 is 13.3. The van der Waals surface area contributed by atoms with Crippen molar-refractivity contribution in [2.24, 2.45) is 0 Å². The Balaban J connectivity index is 0.000000222. The molecule has 0 saturated heterocycles. The summed E-state index contributed by atoms with van der Waals surface area (Å²) in [6.45, 7) is 0. The van der Waals surface area contributed by atoms with Crippen LogP contribution in [0, 0.1) is 5.82 Å². The van der Waals surface area contributed by atoms with Crippen LogP contribution in [0.2, 0.25) is 20.4 Å². The molecule has 0 spiro atoms. The molecule has 0 unspecified atom stereocenters. The fraction of sp³-hybridized carbons (Fsp3) is 0. The predicted molar refractivity (Wildman–Crippen MR) is 176 cm³/mol.